The predicted octanol–water partition coefficient (Wildman–Crippen LogP) is 3.30. The highest BCUT2D eigenvalue weighted by Gasteiger charge is 2.27. The third-order valence-electron chi connectivity index (χ3n) is 2.20. The zero-order valence-electron chi connectivity index (χ0n) is 11.6. The maximum atomic E-state index is 12.0. The van der Waals surface area contributed by atoms with Crippen molar-refractivity contribution in [1.29, 1.82) is 0 Å². The summed E-state index contributed by atoms with van der Waals surface area (Å²) in [4.78, 5) is 23.9. The Morgan fingerprint density at radius 3 is 2.40 bits per heavy atom. The van der Waals surface area contributed by atoms with Crippen LogP contribution < -0.4 is 5.32 Å². The average Bonchev–Trinajstić information content (AvgIpc) is 2.64. The largest absolute Gasteiger partial charge is 0.447 e. The van der Waals surface area contributed by atoms with Crippen LogP contribution in [0.4, 0.5) is 0 Å². The van der Waals surface area contributed by atoms with E-state index in [4.69, 9.17) is 27.9 Å². The summed E-state index contributed by atoms with van der Waals surface area (Å²) in [5.74, 6) is -1.11. The molecule has 1 atom stereocenters. The first-order valence-electron chi connectivity index (χ1n) is 5.99. The van der Waals surface area contributed by atoms with Crippen LogP contribution >= 0.6 is 34.7 Å². The van der Waals surface area contributed by atoms with Crippen LogP contribution in [0.25, 0.3) is 0 Å². The number of nitrogens with zero attached hydrogens (tertiary/aromatic N) is 1. The summed E-state index contributed by atoms with van der Waals surface area (Å²) in [7, 11) is 0. The quantitative estimate of drug-likeness (QED) is 0.855. The van der Waals surface area contributed by atoms with Crippen molar-refractivity contribution >= 4 is 46.6 Å². The van der Waals surface area contributed by atoms with Gasteiger partial charge in [0.1, 0.15) is 9.36 Å². The molecule has 0 unspecified atom stereocenters. The van der Waals surface area contributed by atoms with E-state index in [9.17, 15) is 9.59 Å². The predicted molar refractivity (Wildman–Crippen MR) is 79.5 cm³/mol. The number of ether oxygens (including phenoxy) is 1. The summed E-state index contributed by atoms with van der Waals surface area (Å²) in [6.07, 6.45) is -0.540. The van der Waals surface area contributed by atoms with Gasteiger partial charge in [-0.05, 0) is 38.7 Å². The highest BCUT2D eigenvalue weighted by molar-refractivity contribution is 7.11. The Kier molecular flexibility index (Phi) is 5.79. The number of halogens is 2. The number of nitrogens with one attached hydrogen (secondary N) is 1. The Balaban J connectivity index is 2.76. The normalized spacial score (nSPS) is 12.9. The van der Waals surface area contributed by atoms with Crippen LogP contribution in [-0.4, -0.2) is 27.9 Å². The number of hydrogen-bond acceptors (Lipinski definition) is 5. The zero-order chi connectivity index (χ0) is 15.5. The van der Waals surface area contributed by atoms with Gasteiger partial charge in [0.25, 0.3) is 5.91 Å². The molecule has 112 valence electrons. The molecule has 0 aliphatic carbocycles. The van der Waals surface area contributed by atoms with Crippen molar-refractivity contribution < 1.29 is 14.3 Å². The number of aromatic nitrogens is 1. The maximum Gasteiger partial charge on any atom is 0.360 e. The minimum Gasteiger partial charge on any atom is -0.447 e. The van der Waals surface area contributed by atoms with E-state index in [0.29, 0.717) is 6.42 Å². The topological polar surface area (TPSA) is 68.3 Å². The van der Waals surface area contributed by atoms with E-state index in [2.05, 4.69) is 9.69 Å². The second kappa shape index (κ2) is 6.74. The van der Waals surface area contributed by atoms with Crippen LogP contribution in [-0.2, 0) is 9.53 Å². The van der Waals surface area contributed by atoms with Crippen LogP contribution in [0.2, 0.25) is 9.36 Å². The summed E-state index contributed by atoms with van der Waals surface area (Å²) in [6, 6.07) is 0. The number of hydrogen-bond donors (Lipinski definition) is 1. The fraction of sp³-hybridized carbons (Fsp3) is 0.583. The van der Waals surface area contributed by atoms with Crippen LogP contribution in [0.3, 0.4) is 0 Å². The van der Waals surface area contributed by atoms with Crippen LogP contribution in [0.15, 0.2) is 0 Å². The molecular weight excluding hydrogens is 323 g/mol. The second-order valence-electron chi connectivity index (χ2n) is 5.16. The monoisotopic (exact) mass is 338 g/mol. The van der Waals surface area contributed by atoms with E-state index in [-0.39, 0.29) is 21.0 Å². The molecule has 0 fully saturated rings. The summed E-state index contributed by atoms with van der Waals surface area (Å²) in [5.41, 5.74) is -0.470. The van der Waals surface area contributed by atoms with Gasteiger partial charge in [-0.1, -0.05) is 30.1 Å². The number of rotatable bonds is 4. The molecule has 0 bridgehead atoms. The van der Waals surface area contributed by atoms with Crippen molar-refractivity contribution in [1.82, 2.24) is 9.69 Å². The van der Waals surface area contributed by atoms with Crippen molar-refractivity contribution in [3.63, 3.8) is 0 Å². The summed E-state index contributed by atoms with van der Waals surface area (Å²) in [6.45, 7) is 7.28. The fourth-order valence-corrected chi connectivity index (χ4v) is 2.32. The molecule has 1 N–H and O–H groups in total. The van der Waals surface area contributed by atoms with Crippen LogP contribution in [0, 0.1) is 0 Å². The molecule has 0 radical (unpaired) electrons. The molecule has 1 aromatic heterocycles. The summed E-state index contributed by atoms with van der Waals surface area (Å²) in [5, 5.41) is 2.80. The smallest absolute Gasteiger partial charge is 0.360 e. The number of amides is 1. The lowest BCUT2D eigenvalue weighted by Gasteiger charge is -2.24. The molecular formula is C12H16Cl2N2O3S. The second-order valence-corrected chi connectivity index (χ2v) is 6.91. The lowest BCUT2D eigenvalue weighted by atomic mass is 10.1. The SMILES string of the molecule is CC[C@@H](OC(=O)c1nsc(Cl)c1Cl)C(=O)NC(C)(C)C. The Labute approximate surface area is 131 Å². The van der Waals surface area contributed by atoms with Gasteiger partial charge in [0.15, 0.2) is 11.8 Å². The van der Waals surface area contributed by atoms with Gasteiger partial charge in [-0.25, -0.2) is 4.79 Å². The molecule has 1 amide bonds. The van der Waals surface area contributed by atoms with E-state index < -0.39 is 17.6 Å². The molecule has 8 heteroatoms. The molecule has 0 aliphatic rings. The Hall–Kier alpha value is -0.850. The molecule has 1 rings (SSSR count). The van der Waals surface area contributed by atoms with Gasteiger partial charge in [-0.2, -0.15) is 4.37 Å². The van der Waals surface area contributed by atoms with E-state index in [1.165, 1.54) is 0 Å². The van der Waals surface area contributed by atoms with Crippen molar-refractivity contribution in [3.8, 4) is 0 Å². The number of carbonyl (C=O) groups excluding carboxylic acids is 2. The van der Waals surface area contributed by atoms with Gasteiger partial charge in [-0.15, -0.1) is 0 Å². The van der Waals surface area contributed by atoms with Gasteiger partial charge >= 0.3 is 5.97 Å². The molecule has 0 saturated heterocycles. The first-order valence-corrected chi connectivity index (χ1v) is 7.52. The molecule has 1 aromatic rings. The number of carbonyl (C=O) groups is 2. The van der Waals surface area contributed by atoms with E-state index in [1.807, 2.05) is 20.8 Å². The first-order chi connectivity index (χ1) is 9.15. The van der Waals surface area contributed by atoms with Crippen molar-refractivity contribution in [2.45, 2.75) is 45.8 Å². The molecule has 20 heavy (non-hydrogen) atoms. The van der Waals surface area contributed by atoms with Gasteiger partial charge < -0.3 is 10.1 Å². The van der Waals surface area contributed by atoms with Crippen molar-refractivity contribution in [2.75, 3.05) is 0 Å². The minimum atomic E-state index is -0.890. The third kappa shape index (κ3) is 4.61. The van der Waals surface area contributed by atoms with E-state index in [0.717, 1.165) is 11.5 Å². The molecule has 0 aromatic carbocycles. The molecule has 0 aliphatic heterocycles. The molecule has 1 heterocycles. The van der Waals surface area contributed by atoms with Crippen molar-refractivity contribution in [3.05, 3.63) is 15.1 Å². The first kappa shape index (κ1) is 17.2. The lowest BCUT2D eigenvalue weighted by molar-refractivity contribution is -0.131. The van der Waals surface area contributed by atoms with Crippen LogP contribution in [0.5, 0.6) is 0 Å². The van der Waals surface area contributed by atoms with E-state index in [1.54, 1.807) is 6.92 Å². The number of esters is 1. The summed E-state index contributed by atoms with van der Waals surface area (Å²) < 4.78 is 9.16. The van der Waals surface area contributed by atoms with Crippen molar-refractivity contribution in [2.24, 2.45) is 0 Å². The van der Waals surface area contributed by atoms with Gasteiger partial charge in [0, 0.05) is 5.54 Å². The molecule has 0 spiro atoms. The van der Waals surface area contributed by atoms with E-state index >= 15 is 0 Å². The van der Waals surface area contributed by atoms with Gasteiger partial charge in [0.2, 0.25) is 0 Å². The van der Waals surface area contributed by atoms with Crippen LogP contribution in [0.1, 0.15) is 44.6 Å². The Bertz CT molecular complexity index is 511. The standard InChI is InChI=1S/C12H16Cl2N2O3S/c1-5-6(10(17)15-12(2,3)4)19-11(18)8-7(13)9(14)20-16-8/h6H,5H2,1-4H3,(H,15,17)/t6-/m1/s1. The Morgan fingerprint density at radius 1 is 1.40 bits per heavy atom. The molecule has 5 nitrogen and oxygen atoms in total. The van der Waals surface area contributed by atoms with Gasteiger partial charge in [-0.3, -0.25) is 4.79 Å². The average molecular weight is 339 g/mol. The zero-order valence-corrected chi connectivity index (χ0v) is 13.9. The Morgan fingerprint density at radius 2 is 2.00 bits per heavy atom. The summed E-state index contributed by atoms with van der Waals surface area (Å²) >= 11 is 12.5. The highest BCUT2D eigenvalue weighted by atomic mass is 35.5. The lowest BCUT2D eigenvalue weighted by Crippen LogP contribution is -2.47. The maximum absolute atomic E-state index is 12.0. The third-order valence-corrected chi connectivity index (χ3v) is 3.81. The fourth-order valence-electron chi connectivity index (χ4n) is 1.34. The minimum absolute atomic E-state index is 0.0488. The molecule has 0 saturated carbocycles. The van der Waals surface area contributed by atoms with Gasteiger partial charge in [0.05, 0.1) is 0 Å². The highest BCUT2D eigenvalue weighted by Crippen LogP contribution is 2.30.